The van der Waals surface area contributed by atoms with Gasteiger partial charge in [-0.05, 0) is 12.1 Å². The number of nitro benzene ring substituents is 1. The number of hydrogen-bond donors (Lipinski definition) is 2. The van der Waals surface area contributed by atoms with Crippen LogP contribution in [0.2, 0.25) is 0 Å². The molecular formula is C11H12N4O4. The maximum absolute atomic E-state index is 12.2. The lowest BCUT2D eigenvalue weighted by atomic mass is 10.1. The Balaban J connectivity index is 2.34. The second-order valence-electron chi connectivity index (χ2n) is 4.11. The van der Waals surface area contributed by atoms with E-state index in [1.807, 2.05) is 0 Å². The molecule has 1 aromatic carbocycles. The zero-order valence-electron chi connectivity index (χ0n) is 9.96. The Labute approximate surface area is 108 Å². The molecule has 0 atom stereocenters. The molecule has 0 aromatic heterocycles. The summed E-state index contributed by atoms with van der Waals surface area (Å²) < 4.78 is 0. The quantitative estimate of drug-likeness (QED) is 0.433. The third-order valence-corrected chi connectivity index (χ3v) is 2.77. The Morgan fingerprint density at radius 2 is 2.21 bits per heavy atom. The van der Waals surface area contributed by atoms with Gasteiger partial charge in [0.15, 0.2) is 0 Å². The van der Waals surface area contributed by atoms with Crippen molar-refractivity contribution in [3.8, 4) is 0 Å². The first-order valence-corrected chi connectivity index (χ1v) is 5.59. The summed E-state index contributed by atoms with van der Waals surface area (Å²) in [4.78, 5) is 35.0. The largest absolute Gasteiger partial charge is 0.399 e. The number of piperazine rings is 1. The van der Waals surface area contributed by atoms with Crippen LogP contribution in [0.3, 0.4) is 0 Å². The standard InChI is InChI=1S/C11H12N4O4/c12-7-1-2-9(15(18)19)8(5-7)11(17)14-4-3-13-10(16)6-14/h1-2,5H,3-4,6,12H2,(H,13,16). The van der Waals surface area contributed by atoms with Crippen LogP contribution < -0.4 is 11.1 Å². The molecule has 100 valence electrons. The molecule has 1 fully saturated rings. The van der Waals surface area contributed by atoms with Crippen LogP contribution in [0, 0.1) is 10.1 Å². The number of hydrogen-bond acceptors (Lipinski definition) is 5. The van der Waals surface area contributed by atoms with E-state index in [2.05, 4.69) is 5.32 Å². The van der Waals surface area contributed by atoms with E-state index in [9.17, 15) is 19.7 Å². The van der Waals surface area contributed by atoms with Crippen molar-refractivity contribution in [2.45, 2.75) is 0 Å². The number of anilines is 1. The molecule has 0 saturated carbocycles. The summed E-state index contributed by atoms with van der Waals surface area (Å²) in [5.74, 6) is -0.847. The third-order valence-electron chi connectivity index (χ3n) is 2.77. The number of nitrogens with one attached hydrogen (secondary N) is 1. The van der Waals surface area contributed by atoms with Gasteiger partial charge in [-0.25, -0.2) is 0 Å². The molecule has 1 heterocycles. The molecule has 2 amide bonds. The van der Waals surface area contributed by atoms with Crippen LogP contribution >= 0.6 is 0 Å². The van der Waals surface area contributed by atoms with Crippen LogP contribution in [0.4, 0.5) is 11.4 Å². The number of nitro groups is 1. The Kier molecular flexibility index (Phi) is 3.32. The van der Waals surface area contributed by atoms with Gasteiger partial charge in [0.05, 0.1) is 11.5 Å². The van der Waals surface area contributed by atoms with E-state index in [0.29, 0.717) is 13.1 Å². The van der Waals surface area contributed by atoms with Crippen LogP contribution in [0.25, 0.3) is 0 Å². The van der Waals surface area contributed by atoms with Crippen molar-refractivity contribution in [3.63, 3.8) is 0 Å². The maximum atomic E-state index is 12.2. The first-order valence-electron chi connectivity index (χ1n) is 5.59. The van der Waals surface area contributed by atoms with Gasteiger partial charge in [0.2, 0.25) is 5.91 Å². The highest BCUT2D eigenvalue weighted by Gasteiger charge is 2.27. The predicted octanol–water partition coefficient (Wildman–Crippen LogP) is -0.251. The number of amides is 2. The van der Waals surface area contributed by atoms with Gasteiger partial charge < -0.3 is 16.0 Å². The number of rotatable bonds is 2. The zero-order valence-corrected chi connectivity index (χ0v) is 9.96. The highest BCUT2D eigenvalue weighted by Crippen LogP contribution is 2.23. The molecule has 1 saturated heterocycles. The Hall–Kier alpha value is -2.64. The zero-order chi connectivity index (χ0) is 14.0. The van der Waals surface area contributed by atoms with E-state index >= 15 is 0 Å². The van der Waals surface area contributed by atoms with Crippen molar-refractivity contribution in [1.82, 2.24) is 10.2 Å². The summed E-state index contributed by atoms with van der Waals surface area (Å²) in [6.07, 6.45) is 0. The van der Waals surface area contributed by atoms with Gasteiger partial charge >= 0.3 is 0 Å². The topological polar surface area (TPSA) is 119 Å². The van der Waals surface area contributed by atoms with Gasteiger partial charge in [0, 0.05) is 24.8 Å². The molecule has 1 aromatic rings. The summed E-state index contributed by atoms with van der Waals surface area (Å²) in [7, 11) is 0. The SMILES string of the molecule is Nc1ccc([N+](=O)[O-])c(C(=O)N2CCNC(=O)C2)c1. The average molecular weight is 264 g/mol. The second kappa shape index (κ2) is 4.92. The van der Waals surface area contributed by atoms with E-state index in [1.54, 1.807) is 0 Å². The van der Waals surface area contributed by atoms with E-state index in [-0.39, 0.29) is 29.4 Å². The molecule has 2 rings (SSSR count). The van der Waals surface area contributed by atoms with Crippen molar-refractivity contribution in [2.75, 3.05) is 25.4 Å². The van der Waals surface area contributed by atoms with Crippen LogP contribution in [0.15, 0.2) is 18.2 Å². The fourth-order valence-electron chi connectivity index (χ4n) is 1.87. The van der Waals surface area contributed by atoms with Crippen molar-refractivity contribution in [3.05, 3.63) is 33.9 Å². The van der Waals surface area contributed by atoms with E-state index in [1.165, 1.54) is 23.1 Å². The van der Waals surface area contributed by atoms with Crippen LogP contribution in [0.5, 0.6) is 0 Å². The summed E-state index contributed by atoms with van der Waals surface area (Å²) in [5.41, 5.74) is 5.40. The predicted molar refractivity (Wildman–Crippen MR) is 66.4 cm³/mol. The van der Waals surface area contributed by atoms with Crippen LogP contribution in [-0.4, -0.2) is 41.3 Å². The average Bonchev–Trinajstić information content (AvgIpc) is 2.37. The summed E-state index contributed by atoms with van der Waals surface area (Å²) in [5, 5.41) is 13.5. The second-order valence-corrected chi connectivity index (χ2v) is 4.11. The lowest BCUT2D eigenvalue weighted by Gasteiger charge is -2.26. The molecule has 19 heavy (non-hydrogen) atoms. The summed E-state index contributed by atoms with van der Waals surface area (Å²) in [6.45, 7) is 0.544. The molecular weight excluding hydrogens is 252 g/mol. The fraction of sp³-hybridized carbons (Fsp3) is 0.273. The molecule has 0 spiro atoms. The molecule has 1 aliphatic heterocycles. The molecule has 8 nitrogen and oxygen atoms in total. The van der Waals surface area contributed by atoms with E-state index < -0.39 is 10.8 Å². The van der Waals surface area contributed by atoms with Gasteiger partial charge in [-0.2, -0.15) is 0 Å². The molecule has 8 heteroatoms. The van der Waals surface area contributed by atoms with E-state index in [4.69, 9.17) is 5.73 Å². The van der Waals surface area contributed by atoms with Gasteiger partial charge in [-0.3, -0.25) is 19.7 Å². The number of nitrogens with zero attached hydrogens (tertiary/aromatic N) is 2. The highest BCUT2D eigenvalue weighted by atomic mass is 16.6. The Morgan fingerprint density at radius 3 is 2.84 bits per heavy atom. The van der Waals surface area contributed by atoms with Crippen molar-refractivity contribution in [2.24, 2.45) is 0 Å². The van der Waals surface area contributed by atoms with Crippen molar-refractivity contribution < 1.29 is 14.5 Å². The van der Waals surface area contributed by atoms with E-state index in [0.717, 1.165) is 0 Å². The first-order chi connectivity index (χ1) is 8.99. The van der Waals surface area contributed by atoms with Gasteiger partial charge in [-0.15, -0.1) is 0 Å². The monoisotopic (exact) mass is 264 g/mol. The molecule has 0 unspecified atom stereocenters. The molecule has 0 radical (unpaired) electrons. The van der Waals surface area contributed by atoms with Crippen LogP contribution in [0.1, 0.15) is 10.4 Å². The Bertz CT molecular complexity index is 558. The van der Waals surface area contributed by atoms with Crippen LogP contribution in [-0.2, 0) is 4.79 Å². The van der Waals surface area contributed by atoms with Gasteiger partial charge in [-0.1, -0.05) is 0 Å². The summed E-state index contributed by atoms with van der Waals surface area (Å²) >= 11 is 0. The Morgan fingerprint density at radius 1 is 1.47 bits per heavy atom. The lowest BCUT2D eigenvalue weighted by Crippen LogP contribution is -2.50. The summed E-state index contributed by atoms with van der Waals surface area (Å²) in [6, 6.07) is 3.80. The van der Waals surface area contributed by atoms with Gasteiger partial charge in [0.25, 0.3) is 11.6 Å². The normalized spacial score (nSPS) is 14.9. The minimum Gasteiger partial charge on any atom is -0.399 e. The number of carbonyl (C=O) groups is 2. The molecule has 0 aliphatic carbocycles. The van der Waals surface area contributed by atoms with Crippen molar-refractivity contribution >= 4 is 23.2 Å². The van der Waals surface area contributed by atoms with Gasteiger partial charge in [0.1, 0.15) is 5.56 Å². The highest BCUT2D eigenvalue weighted by molar-refractivity contribution is 6.01. The number of benzene rings is 1. The molecule has 1 aliphatic rings. The molecule has 0 bridgehead atoms. The maximum Gasteiger partial charge on any atom is 0.282 e. The minimum atomic E-state index is -0.642. The smallest absolute Gasteiger partial charge is 0.282 e. The number of nitrogen functional groups attached to an aromatic ring is 1. The minimum absolute atomic E-state index is 0.0975. The third kappa shape index (κ3) is 2.62. The lowest BCUT2D eigenvalue weighted by molar-refractivity contribution is -0.385. The number of nitrogens with two attached hydrogens (primary N) is 1. The first kappa shape index (κ1) is 12.8. The molecule has 3 N–H and O–H groups in total. The number of carbonyl (C=O) groups excluding carboxylic acids is 2. The van der Waals surface area contributed by atoms with Crippen molar-refractivity contribution in [1.29, 1.82) is 0 Å². The fourth-order valence-corrected chi connectivity index (χ4v) is 1.87.